The first-order valence-electron chi connectivity index (χ1n) is 4.95. The molecule has 5 nitrogen and oxygen atoms in total. The van der Waals surface area contributed by atoms with Gasteiger partial charge in [0, 0.05) is 18.9 Å². The standard InChI is InChI=1S/C10H12N4O/c1-2-3-6-11-10(15)9-12-8(13-14-9)7-4-5-7/h1,7H,3-6H2,(H,11,15)(H,12,13,14). The number of hydrogen-bond donors (Lipinski definition) is 2. The van der Waals surface area contributed by atoms with Gasteiger partial charge in [-0.05, 0) is 12.8 Å². The van der Waals surface area contributed by atoms with E-state index in [4.69, 9.17) is 6.42 Å². The smallest absolute Gasteiger partial charge is 0.290 e. The van der Waals surface area contributed by atoms with Crippen LogP contribution in [0.15, 0.2) is 0 Å². The van der Waals surface area contributed by atoms with Crippen LogP contribution in [0.3, 0.4) is 0 Å². The van der Waals surface area contributed by atoms with E-state index >= 15 is 0 Å². The highest BCUT2D eigenvalue weighted by atomic mass is 16.2. The van der Waals surface area contributed by atoms with E-state index < -0.39 is 0 Å². The van der Waals surface area contributed by atoms with Gasteiger partial charge in [0.2, 0.25) is 5.82 Å². The minimum Gasteiger partial charge on any atom is -0.348 e. The van der Waals surface area contributed by atoms with E-state index in [1.165, 1.54) is 0 Å². The Bertz CT molecular complexity index is 400. The molecule has 15 heavy (non-hydrogen) atoms. The molecule has 0 unspecified atom stereocenters. The fraction of sp³-hybridized carbons (Fsp3) is 0.500. The van der Waals surface area contributed by atoms with Crippen molar-refractivity contribution < 1.29 is 4.79 Å². The average Bonchev–Trinajstić information content (AvgIpc) is 2.97. The quantitative estimate of drug-likeness (QED) is 0.552. The lowest BCUT2D eigenvalue weighted by Crippen LogP contribution is -2.25. The van der Waals surface area contributed by atoms with Crippen LogP contribution in [0.1, 0.15) is 41.6 Å². The van der Waals surface area contributed by atoms with Crippen LogP contribution < -0.4 is 5.32 Å². The molecule has 0 bridgehead atoms. The molecular weight excluding hydrogens is 192 g/mol. The van der Waals surface area contributed by atoms with Crippen molar-refractivity contribution in [3.8, 4) is 12.3 Å². The summed E-state index contributed by atoms with van der Waals surface area (Å²) >= 11 is 0. The maximum absolute atomic E-state index is 11.5. The predicted molar refractivity (Wildman–Crippen MR) is 54.1 cm³/mol. The molecule has 0 saturated heterocycles. The number of terminal acetylenes is 1. The number of hydrogen-bond acceptors (Lipinski definition) is 3. The van der Waals surface area contributed by atoms with Crippen LogP contribution in [-0.2, 0) is 0 Å². The fourth-order valence-electron chi connectivity index (χ4n) is 1.24. The van der Waals surface area contributed by atoms with Crippen molar-refractivity contribution in [1.82, 2.24) is 20.5 Å². The highest BCUT2D eigenvalue weighted by Crippen LogP contribution is 2.37. The van der Waals surface area contributed by atoms with Crippen molar-refractivity contribution in [2.75, 3.05) is 6.54 Å². The van der Waals surface area contributed by atoms with Crippen LogP contribution in [-0.4, -0.2) is 27.6 Å². The number of rotatable bonds is 4. The summed E-state index contributed by atoms with van der Waals surface area (Å²) in [5, 5.41) is 9.28. The zero-order valence-electron chi connectivity index (χ0n) is 8.29. The van der Waals surface area contributed by atoms with Crippen LogP contribution >= 0.6 is 0 Å². The molecule has 1 aromatic rings. The molecule has 1 aromatic heterocycles. The SMILES string of the molecule is C#CCCNC(=O)c1n[nH]c(C2CC2)n1. The Kier molecular flexibility index (Phi) is 2.68. The second-order valence-electron chi connectivity index (χ2n) is 3.53. The van der Waals surface area contributed by atoms with Crippen LogP contribution in [0.5, 0.6) is 0 Å². The minimum absolute atomic E-state index is 0.203. The third-order valence-corrected chi connectivity index (χ3v) is 2.22. The molecule has 1 fully saturated rings. The molecule has 78 valence electrons. The van der Waals surface area contributed by atoms with Gasteiger partial charge in [-0.1, -0.05) is 0 Å². The topological polar surface area (TPSA) is 70.7 Å². The Hall–Kier alpha value is -1.83. The first-order valence-corrected chi connectivity index (χ1v) is 4.95. The van der Waals surface area contributed by atoms with E-state index in [-0.39, 0.29) is 11.7 Å². The third kappa shape index (κ3) is 2.34. The second kappa shape index (κ2) is 4.13. The molecule has 2 N–H and O–H groups in total. The first-order chi connectivity index (χ1) is 7.31. The van der Waals surface area contributed by atoms with Crippen LogP contribution in [0.4, 0.5) is 0 Å². The first kappa shape index (κ1) is 9.71. The van der Waals surface area contributed by atoms with E-state index in [0.29, 0.717) is 18.9 Å². The minimum atomic E-state index is -0.270. The number of carbonyl (C=O) groups excluding carboxylic acids is 1. The highest BCUT2D eigenvalue weighted by molar-refractivity contribution is 5.90. The Morgan fingerprint density at radius 1 is 1.67 bits per heavy atom. The van der Waals surface area contributed by atoms with Gasteiger partial charge in [-0.2, -0.15) is 0 Å². The summed E-state index contributed by atoms with van der Waals surface area (Å²) in [6.07, 6.45) is 7.85. The maximum Gasteiger partial charge on any atom is 0.290 e. The Balaban J connectivity index is 1.90. The second-order valence-corrected chi connectivity index (χ2v) is 3.53. The zero-order valence-corrected chi connectivity index (χ0v) is 8.29. The summed E-state index contributed by atoms with van der Waals surface area (Å²) in [7, 11) is 0. The Labute approximate surface area is 87.7 Å². The van der Waals surface area contributed by atoms with Gasteiger partial charge in [-0.25, -0.2) is 4.98 Å². The van der Waals surface area contributed by atoms with Gasteiger partial charge < -0.3 is 5.32 Å². The lowest BCUT2D eigenvalue weighted by Gasteiger charge is -1.97. The largest absolute Gasteiger partial charge is 0.348 e. The molecule has 1 saturated carbocycles. The third-order valence-electron chi connectivity index (χ3n) is 2.22. The Morgan fingerprint density at radius 2 is 2.47 bits per heavy atom. The molecule has 1 aliphatic rings. The highest BCUT2D eigenvalue weighted by Gasteiger charge is 2.27. The lowest BCUT2D eigenvalue weighted by atomic mass is 10.4. The van der Waals surface area contributed by atoms with Crippen molar-refractivity contribution in [3.63, 3.8) is 0 Å². The number of carbonyl (C=O) groups is 1. The van der Waals surface area contributed by atoms with Crippen molar-refractivity contribution in [1.29, 1.82) is 0 Å². The monoisotopic (exact) mass is 204 g/mol. The maximum atomic E-state index is 11.5. The lowest BCUT2D eigenvalue weighted by molar-refractivity contribution is 0.0944. The predicted octanol–water partition coefficient (Wildman–Crippen LogP) is 0.435. The van der Waals surface area contributed by atoms with E-state index in [1.807, 2.05) is 0 Å². The molecule has 1 amide bonds. The van der Waals surface area contributed by atoms with Crippen LogP contribution in [0.25, 0.3) is 0 Å². The number of aromatic nitrogens is 3. The molecular formula is C10H12N4O. The van der Waals surface area contributed by atoms with Crippen LogP contribution in [0, 0.1) is 12.3 Å². The van der Waals surface area contributed by atoms with Gasteiger partial charge in [0.05, 0.1) is 0 Å². The van der Waals surface area contributed by atoms with Gasteiger partial charge in [-0.15, -0.1) is 17.4 Å². The summed E-state index contributed by atoms with van der Waals surface area (Å²) in [5.41, 5.74) is 0. The van der Waals surface area contributed by atoms with Crippen molar-refractivity contribution in [2.24, 2.45) is 0 Å². The molecule has 0 spiro atoms. The van der Waals surface area contributed by atoms with Crippen molar-refractivity contribution in [2.45, 2.75) is 25.2 Å². The molecule has 1 heterocycles. The summed E-state index contributed by atoms with van der Waals surface area (Å²) in [6, 6.07) is 0. The van der Waals surface area contributed by atoms with Gasteiger partial charge in [0.15, 0.2) is 0 Å². The number of nitrogens with zero attached hydrogens (tertiary/aromatic N) is 2. The summed E-state index contributed by atoms with van der Waals surface area (Å²) in [6.45, 7) is 0.461. The molecule has 0 atom stereocenters. The zero-order chi connectivity index (χ0) is 10.7. The van der Waals surface area contributed by atoms with Crippen LogP contribution in [0.2, 0.25) is 0 Å². The summed E-state index contributed by atoms with van der Waals surface area (Å²) in [4.78, 5) is 15.6. The van der Waals surface area contributed by atoms with Gasteiger partial charge in [0.1, 0.15) is 5.82 Å². The number of aromatic amines is 1. The molecule has 0 aliphatic heterocycles. The van der Waals surface area contributed by atoms with Gasteiger partial charge in [-0.3, -0.25) is 9.89 Å². The van der Waals surface area contributed by atoms with E-state index in [0.717, 1.165) is 18.7 Å². The molecule has 1 aliphatic carbocycles. The fourth-order valence-corrected chi connectivity index (χ4v) is 1.24. The van der Waals surface area contributed by atoms with Crippen molar-refractivity contribution >= 4 is 5.91 Å². The molecule has 0 radical (unpaired) electrons. The normalized spacial score (nSPS) is 14.6. The average molecular weight is 204 g/mol. The number of amides is 1. The molecule has 5 heteroatoms. The summed E-state index contributed by atoms with van der Waals surface area (Å²) < 4.78 is 0. The number of H-pyrrole nitrogens is 1. The van der Waals surface area contributed by atoms with Gasteiger partial charge in [0.25, 0.3) is 5.91 Å². The van der Waals surface area contributed by atoms with E-state index in [9.17, 15) is 4.79 Å². The summed E-state index contributed by atoms with van der Waals surface area (Å²) in [5.74, 6) is 3.67. The molecule has 2 rings (SSSR count). The molecule has 0 aromatic carbocycles. The van der Waals surface area contributed by atoms with E-state index in [2.05, 4.69) is 26.4 Å². The van der Waals surface area contributed by atoms with Crippen molar-refractivity contribution in [3.05, 3.63) is 11.6 Å². The van der Waals surface area contributed by atoms with E-state index in [1.54, 1.807) is 0 Å². The number of nitrogens with one attached hydrogen (secondary N) is 2. The van der Waals surface area contributed by atoms with Gasteiger partial charge >= 0.3 is 0 Å². The Morgan fingerprint density at radius 3 is 3.13 bits per heavy atom.